The number of hydrogen-bond acceptors (Lipinski definition) is 2. The van der Waals surface area contributed by atoms with Gasteiger partial charge in [-0.2, -0.15) is 0 Å². The van der Waals surface area contributed by atoms with E-state index in [-0.39, 0.29) is 5.91 Å². The number of pyridine rings is 1. The van der Waals surface area contributed by atoms with Crippen molar-refractivity contribution in [1.82, 2.24) is 10.3 Å². The highest BCUT2D eigenvalue weighted by molar-refractivity contribution is 6.29. The van der Waals surface area contributed by atoms with Gasteiger partial charge in [0, 0.05) is 12.7 Å². The van der Waals surface area contributed by atoms with Crippen molar-refractivity contribution >= 4 is 17.5 Å². The Morgan fingerprint density at radius 2 is 2.05 bits per heavy atom. The van der Waals surface area contributed by atoms with Crippen LogP contribution in [0.25, 0.3) is 0 Å². The number of nitrogens with zero attached hydrogens (tertiary/aromatic N) is 1. The summed E-state index contributed by atoms with van der Waals surface area (Å²) in [7, 11) is 0. The minimum Gasteiger partial charge on any atom is -0.348 e. The standard InChI is InChI=1S/C15H15ClN2O/c1-10-3-4-12(11(2)7-10)8-18-15(19)13-5-6-14(16)17-9-13/h3-7,9H,8H2,1-2H3,(H,18,19). The summed E-state index contributed by atoms with van der Waals surface area (Å²) in [5, 5.41) is 3.25. The lowest BCUT2D eigenvalue weighted by molar-refractivity contribution is 0.0950. The molecule has 3 nitrogen and oxygen atoms in total. The van der Waals surface area contributed by atoms with E-state index in [0.29, 0.717) is 17.3 Å². The molecule has 1 heterocycles. The first kappa shape index (κ1) is 13.6. The summed E-state index contributed by atoms with van der Waals surface area (Å²) in [6, 6.07) is 9.44. The molecule has 0 radical (unpaired) electrons. The van der Waals surface area contributed by atoms with Gasteiger partial charge >= 0.3 is 0 Å². The van der Waals surface area contributed by atoms with Gasteiger partial charge in [0.15, 0.2) is 0 Å². The summed E-state index contributed by atoms with van der Waals surface area (Å²) in [4.78, 5) is 15.8. The molecule has 2 rings (SSSR count). The molecule has 19 heavy (non-hydrogen) atoms. The summed E-state index contributed by atoms with van der Waals surface area (Å²) in [6.07, 6.45) is 1.47. The van der Waals surface area contributed by atoms with Crippen LogP contribution in [0.5, 0.6) is 0 Å². The average molecular weight is 275 g/mol. The molecule has 0 saturated carbocycles. The Hall–Kier alpha value is -1.87. The number of nitrogens with one attached hydrogen (secondary N) is 1. The van der Waals surface area contributed by atoms with Crippen molar-refractivity contribution in [1.29, 1.82) is 0 Å². The van der Waals surface area contributed by atoms with Gasteiger partial charge in [-0.05, 0) is 37.1 Å². The van der Waals surface area contributed by atoms with Crippen LogP contribution in [0.2, 0.25) is 5.15 Å². The quantitative estimate of drug-likeness (QED) is 0.873. The fourth-order valence-corrected chi connectivity index (χ4v) is 1.94. The minimum absolute atomic E-state index is 0.149. The predicted octanol–water partition coefficient (Wildman–Crippen LogP) is 3.28. The minimum atomic E-state index is -0.149. The van der Waals surface area contributed by atoms with Crippen LogP contribution in [-0.2, 0) is 6.54 Å². The van der Waals surface area contributed by atoms with E-state index < -0.39 is 0 Å². The van der Waals surface area contributed by atoms with Crippen LogP contribution in [-0.4, -0.2) is 10.9 Å². The maximum Gasteiger partial charge on any atom is 0.253 e. The second kappa shape index (κ2) is 5.85. The van der Waals surface area contributed by atoms with Crippen LogP contribution < -0.4 is 5.32 Å². The first-order valence-electron chi connectivity index (χ1n) is 6.02. The smallest absolute Gasteiger partial charge is 0.253 e. The Labute approximate surface area is 117 Å². The summed E-state index contributed by atoms with van der Waals surface area (Å²) >= 11 is 5.68. The van der Waals surface area contributed by atoms with Crippen molar-refractivity contribution in [3.05, 3.63) is 63.9 Å². The van der Waals surface area contributed by atoms with E-state index in [0.717, 1.165) is 5.56 Å². The van der Waals surface area contributed by atoms with Gasteiger partial charge in [-0.15, -0.1) is 0 Å². The second-order valence-corrected chi connectivity index (χ2v) is 4.87. The highest BCUT2D eigenvalue weighted by Gasteiger charge is 2.06. The molecule has 2 aromatic rings. The van der Waals surface area contributed by atoms with Gasteiger partial charge in [0.05, 0.1) is 5.56 Å². The van der Waals surface area contributed by atoms with Gasteiger partial charge in [0.25, 0.3) is 5.91 Å². The summed E-state index contributed by atoms with van der Waals surface area (Å²) in [5.41, 5.74) is 4.01. The van der Waals surface area contributed by atoms with Crippen LogP contribution in [0, 0.1) is 13.8 Å². The number of aryl methyl sites for hydroxylation is 2. The van der Waals surface area contributed by atoms with Gasteiger partial charge in [0.1, 0.15) is 5.15 Å². The zero-order valence-electron chi connectivity index (χ0n) is 10.9. The lowest BCUT2D eigenvalue weighted by Gasteiger charge is -2.08. The van der Waals surface area contributed by atoms with Crippen LogP contribution >= 0.6 is 11.6 Å². The van der Waals surface area contributed by atoms with Crippen molar-refractivity contribution in [2.75, 3.05) is 0 Å². The van der Waals surface area contributed by atoms with E-state index in [2.05, 4.69) is 23.3 Å². The molecule has 98 valence electrons. The van der Waals surface area contributed by atoms with Crippen LogP contribution in [0.3, 0.4) is 0 Å². The van der Waals surface area contributed by atoms with E-state index >= 15 is 0 Å². The van der Waals surface area contributed by atoms with E-state index in [4.69, 9.17) is 11.6 Å². The highest BCUT2D eigenvalue weighted by atomic mass is 35.5. The van der Waals surface area contributed by atoms with Crippen LogP contribution in [0.4, 0.5) is 0 Å². The van der Waals surface area contributed by atoms with Crippen molar-refractivity contribution < 1.29 is 4.79 Å². The lowest BCUT2D eigenvalue weighted by Crippen LogP contribution is -2.23. The molecule has 0 unspecified atom stereocenters. The number of carbonyl (C=O) groups is 1. The zero-order chi connectivity index (χ0) is 13.8. The van der Waals surface area contributed by atoms with E-state index in [1.54, 1.807) is 12.1 Å². The molecule has 0 aliphatic carbocycles. The number of amides is 1. The van der Waals surface area contributed by atoms with Crippen molar-refractivity contribution in [2.24, 2.45) is 0 Å². The van der Waals surface area contributed by atoms with Crippen LogP contribution in [0.15, 0.2) is 36.5 Å². The molecule has 1 amide bonds. The first-order valence-corrected chi connectivity index (χ1v) is 6.40. The molecule has 0 aliphatic heterocycles. The summed E-state index contributed by atoms with van der Waals surface area (Å²) in [5.74, 6) is -0.149. The normalized spacial score (nSPS) is 10.3. The van der Waals surface area contributed by atoms with E-state index in [1.807, 2.05) is 19.1 Å². The molecule has 0 fully saturated rings. The van der Waals surface area contributed by atoms with Gasteiger partial charge in [-0.1, -0.05) is 35.4 Å². The number of benzene rings is 1. The summed E-state index contributed by atoms with van der Waals surface area (Å²) < 4.78 is 0. The molecule has 0 bridgehead atoms. The molecule has 1 N–H and O–H groups in total. The lowest BCUT2D eigenvalue weighted by atomic mass is 10.1. The predicted molar refractivity (Wildman–Crippen MR) is 76.3 cm³/mol. The maximum atomic E-state index is 11.9. The van der Waals surface area contributed by atoms with E-state index in [9.17, 15) is 4.79 Å². The monoisotopic (exact) mass is 274 g/mol. The Balaban J connectivity index is 2.02. The van der Waals surface area contributed by atoms with Crippen molar-refractivity contribution in [2.45, 2.75) is 20.4 Å². The Kier molecular flexibility index (Phi) is 4.17. The highest BCUT2D eigenvalue weighted by Crippen LogP contribution is 2.11. The molecule has 0 atom stereocenters. The Morgan fingerprint density at radius 1 is 1.26 bits per heavy atom. The van der Waals surface area contributed by atoms with Gasteiger partial charge in [-0.25, -0.2) is 4.98 Å². The molecule has 0 aliphatic rings. The molecule has 0 spiro atoms. The average Bonchev–Trinajstić information content (AvgIpc) is 2.38. The topological polar surface area (TPSA) is 42.0 Å². The van der Waals surface area contributed by atoms with Crippen molar-refractivity contribution in [3.8, 4) is 0 Å². The number of halogens is 1. The molecule has 1 aromatic carbocycles. The zero-order valence-corrected chi connectivity index (χ0v) is 11.7. The SMILES string of the molecule is Cc1ccc(CNC(=O)c2ccc(Cl)nc2)c(C)c1. The molecular weight excluding hydrogens is 260 g/mol. The third kappa shape index (κ3) is 3.55. The van der Waals surface area contributed by atoms with E-state index in [1.165, 1.54) is 17.3 Å². The number of rotatable bonds is 3. The van der Waals surface area contributed by atoms with Gasteiger partial charge in [0.2, 0.25) is 0 Å². The fraction of sp³-hybridized carbons (Fsp3) is 0.200. The maximum absolute atomic E-state index is 11.9. The second-order valence-electron chi connectivity index (χ2n) is 4.48. The molecular formula is C15H15ClN2O. The third-order valence-electron chi connectivity index (χ3n) is 2.93. The van der Waals surface area contributed by atoms with Gasteiger partial charge in [-0.3, -0.25) is 4.79 Å². The fourth-order valence-electron chi connectivity index (χ4n) is 1.83. The Bertz CT molecular complexity index is 594. The number of hydrogen-bond donors (Lipinski definition) is 1. The molecule has 4 heteroatoms. The van der Waals surface area contributed by atoms with Gasteiger partial charge < -0.3 is 5.32 Å². The van der Waals surface area contributed by atoms with Crippen molar-refractivity contribution in [3.63, 3.8) is 0 Å². The third-order valence-corrected chi connectivity index (χ3v) is 3.15. The number of carbonyl (C=O) groups excluding carboxylic acids is 1. The van der Waals surface area contributed by atoms with Crippen LogP contribution in [0.1, 0.15) is 27.0 Å². The molecule has 0 saturated heterocycles. The Morgan fingerprint density at radius 3 is 2.68 bits per heavy atom. The number of aromatic nitrogens is 1. The largest absolute Gasteiger partial charge is 0.348 e. The first-order chi connectivity index (χ1) is 9.06. The molecule has 1 aromatic heterocycles. The summed E-state index contributed by atoms with van der Waals surface area (Å²) in [6.45, 7) is 4.60.